The number of aryl methyl sites for hydroxylation is 1. The van der Waals surface area contributed by atoms with Crippen LogP contribution < -0.4 is 5.32 Å². The first-order valence-electron chi connectivity index (χ1n) is 8.89. The van der Waals surface area contributed by atoms with Gasteiger partial charge < -0.3 is 5.32 Å². The smallest absolute Gasteiger partial charge is 0.0939 e. The van der Waals surface area contributed by atoms with E-state index in [2.05, 4.69) is 92.6 Å². The summed E-state index contributed by atoms with van der Waals surface area (Å²) in [6, 6.07) is 17.0. The van der Waals surface area contributed by atoms with Crippen LogP contribution in [-0.2, 0) is 0 Å². The number of nitrogens with one attached hydrogen (secondary N) is 1. The van der Waals surface area contributed by atoms with E-state index in [-0.39, 0.29) is 5.54 Å². The van der Waals surface area contributed by atoms with Crippen LogP contribution in [0, 0.1) is 6.92 Å². The van der Waals surface area contributed by atoms with Crippen LogP contribution >= 0.6 is 0 Å². The molecule has 0 aliphatic carbocycles. The number of pyridine rings is 1. The molecule has 0 amide bonds. The van der Waals surface area contributed by atoms with Gasteiger partial charge in [0, 0.05) is 17.1 Å². The Labute approximate surface area is 150 Å². The van der Waals surface area contributed by atoms with Crippen molar-refractivity contribution < 1.29 is 0 Å². The molecule has 1 heterocycles. The normalized spacial score (nSPS) is 12.0. The minimum Gasteiger partial charge on any atom is -0.378 e. The van der Waals surface area contributed by atoms with Gasteiger partial charge in [0.25, 0.3) is 0 Å². The summed E-state index contributed by atoms with van der Waals surface area (Å²) in [4.78, 5) is 4.63. The molecule has 3 aromatic rings. The Bertz CT molecular complexity index is 907. The molecule has 0 aliphatic heterocycles. The highest BCUT2D eigenvalue weighted by molar-refractivity contribution is 5.97. The van der Waals surface area contributed by atoms with Gasteiger partial charge in [-0.3, -0.25) is 4.98 Å². The van der Waals surface area contributed by atoms with Crippen molar-refractivity contribution in [3.8, 4) is 0 Å². The minimum atomic E-state index is 0.0450. The van der Waals surface area contributed by atoms with E-state index in [1.807, 2.05) is 12.3 Å². The Morgan fingerprint density at radius 2 is 1.88 bits per heavy atom. The highest BCUT2D eigenvalue weighted by atomic mass is 15.0. The van der Waals surface area contributed by atoms with Gasteiger partial charge in [-0.1, -0.05) is 61.0 Å². The lowest BCUT2D eigenvalue weighted by atomic mass is 9.99. The number of hydrogen-bond acceptors (Lipinski definition) is 2. The summed E-state index contributed by atoms with van der Waals surface area (Å²) in [5.74, 6) is 0. The van der Waals surface area contributed by atoms with Gasteiger partial charge in [-0.05, 0) is 50.5 Å². The fourth-order valence-corrected chi connectivity index (χ4v) is 2.85. The second-order valence-electron chi connectivity index (χ2n) is 7.21. The number of benzene rings is 2. The second kappa shape index (κ2) is 7.10. The van der Waals surface area contributed by atoms with E-state index in [9.17, 15) is 0 Å². The third-order valence-corrected chi connectivity index (χ3v) is 4.66. The molecule has 1 aromatic heterocycles. The summed E-state index contributed by atoms with van der Waals surface area (Å²) in [7, 11) is 0. The van der Waals surface area contributed by atoms with Crippen LogP contribution in [0.2, 0.25) is 0 Å². The molecule has 0 spiro atoms. The fourth-order valence-electron chi connectivity index (χ4n) is 2.85. The van der Waals surface area contributed by atoms with Crippen molar-refractivity contribution >= 4 is 28.7 Å². The van der Waals surface area contributed by atoms with Gasteiger partial charge in [0.15, 0.2) is 0 Å². The maximum Gasteiger partial charge on any atom is 0.0939 e. The average Bonchev–Trinajstić information content (AvgIpc) is 2.61. The molecule has 3 rings (SSSR count). The van der Waals surface area contributed by atoms with Gasteiger partial charge in [-0.15, -0.1) is 0 Å². The molecule has 0 fully saturated rings. The Kier molecular flexibility index (Phi) is 4.89. The topological polar surface area (TPSA) is 24.9 Å². The summed E-state index contributed by atoms with van der Waals surface area (Å²) >= 11 is 0. The number of rotatable bonds is 5. The van der Waals surface area contributed by atoms with Crippen molar-refractivity contribution in [2.75, 3.05) is 5.32 Å². The van der Waals surface area contributed by atoms with Gasteiger partial charge in [-0.2, -0.15) is 0 Å². The van der Waals surface area contributed by atoms with E-state index in [1.165, 1.54) is 22.1 Å². The van der Waals surface area contributed by atoms with Crippen LogP contribution in [0.25, 0.3) is 23.1 Å². The monoisotopic (exact) mass is 330 g/mol. The molecule has 0 radical (unpaired) electrons. The van der Waals surface area contributed by atoms with Gasteiger partial charge in [0.1, 0.15) is 0 Å². The summed E-state index contributed by atoms with van der Waals surface area (Å²) < 4.78 is 0. The first-order valence-corrected chi connectivity index (χ1v) is 8.89. The van der Waals surface area contributed by atoms with Crippen LogP contribution in [0.5, 0.6) is 0 Å². The van der Waals surface area contributed by atoms with Crippen molar-refractivity contribution in [2.24, 2.45) is 0 Å². The van der Waals surface area contributed by atoms with Crippen LogP contribution in [0.1, 0.15) is 43.9 Å². The molecule has 0 saturated carbocycles. The van der Waals surface area contributed by atoms with E-state index < -0.39 is 0 Å². The van der Waals surface area contributed by atoms with Crippen LogP contribution in [0.3, 0.4) is 0 Å². The van der Waals surface area contributed by atoms with Gasteiger partial charge >= 0.3 is 0 Å². The third-order valence-electron chi connectivity index (χ3n) is 4.66. The SMILES string of the molecule is CCC(C)(C)Nc1ccc(C=Cc2cccc(C)c2)c2cccnc12. The maximum atomic E-state index is 4.63. The minimum absolute atomic E-state index is 0.0450. The Morgan fingerprint density at radius 1 is 1.04 bits per heavy atom. The van der Waals surface area contributed by atoms with E-state index in [1.54, 1.807) is 0 Å². The summed E-state index contributed by atoms with van der Waals surface area (Å²) in [6.45, 7) is 8.74. The molecule has 0 aliphatic rings. The molecule has 0 unspecified atom stereocenters. The predicted octanol–water partition coefficient (Wildman–Crippen LogP) is 6.31. The van der Waals surface area contributed by atoms with Crippen molar-refractivity contribution in [3.63, 3.8) is 0 Å². The molecular weight excluding hydrogens is 304 g/mol. The quantitative estimate of drug-likeness (QED) is 0.554. The summed E-state index contributed by atoms with van der Waals surface area (Å²) in [5, 5.41) is 4.80. The largest absolute Gasteiger partial charge is 0.378 e. The zero-order chi connectivity index (χ0) is 17.9. The Hall–Kier alpha value is -2.61. The fraction of sp³-hybridized carbons (Fsp3) is 0.261. The first-order chi connectivity index (χ1) is 12.0. The standard InChI is InChI=1S/C23H26N2/c1-5-23(3,4)25-21-14-13-19(20-10-7-15-24-22(20)21)12-11-18-9-6-8-17(2)16-18/h6-16,25H,5H2,1-4H3. The molecule has 0 bridgehead atoms. The van der Waals surface area contributed by atoms with Crippen molar-refractivity contribution in [1.29, 1.82) is 0 Å². The van der Waals surface area contributed by atoms with E-state index >= 15 is 0 Å². The molecule has 0 atom stereocenters. The molecule has 2 aromatic carbocycles. The van der Waals surface area contributed by atoms with E-state index in [0.29, 0.717) is 0 Å². The molecule has 1 N–H and O–H groups in total. The second-order valence-corrected chi connectivity index (χ2v) is 7.21. The van der Waals surface area contributed by atoms with Crippen molar-refractivity contribution in [2.45, 2.75) is 39.7 Å². The van der Waals surface area contributed by atoms with Gasteiger partial charge in [0.2, 0.25) is 0 Å². The number of anilines is 1. The zero-order valence-electron chi connectivity index (χ0n) is 15.5. The highest BCUT2D eigenvalue weighted by Crippen LogP contribution is 2.29. The number of fused-ring (bicyclic) bond motifs is 1. The maximum absolute atomic E-state index is 4.63. The molecule has 0 saturated heterocycles. The first kappa shape index (κ1) is 17.2. The highest BCUT2D eigenvalue weighted by Gasteiger charge is 2.16. The molecular formula is C23H26N2. The van der Waals surface area contributed by atoms with Crippen LogP contribution in [-0.4, -0.2) is 10.5 Å². The summed E-state index contributed by atoms with van der Waals surface area (Å²) in [5.41, 5.74) is 5.83. The van der Waals surface area contributed by atoms with Crippen LogP contribution in [0.4, 0.5) is 5.69 Å². The lowest BCUT2D eigenvalue weighted by Crippen LogP contribution is -2.29. The molecule has 128 valence electrons. The number of aromatic nitrogens is 1. The molecule has 25 heavy (non-hydrogen) atoms. The van der Waals surface area contributed by atoms with E-state index in [4.69, 9.17) is 0 Å². The summed E-state index contributed by atoms with van der Waals surface area (Å²) in [6.07, 6.45) is 7.25. The van der Waals surface area contributed by atoms with Crippen molar-refractivity contribution in [3.05, 3.63) is 71.4 Å². The zero-order valence-corrected chi connectivity index (χ0v) is 15.5. The Balaban J connectivity index is 2.00. The lowest BCUT2D eigenvalue weighted by molar-refractivity contribution is 0.548. The van der Waals surface area contributed by atoms with Gasteiger partial charge in [0.05, 0.1) is 11.2 Å². The van der Waals surface area contributed by atoms with Crippen LogP contribution in [0.15, 0.2) is 54.7 Å². The molecule has 2 nitrogen and oxygen atoms in total. The van der Waals surface area contributed by atoms with Gasteiger partial charge in [-0.25, -0.2) is 0 Å². The number of nitrogens with zero attached hydrogens (tertiary/aromatic N) is 1. The lowest BCUT2D eigenvalue weighted by Gasteiger charge is -2.26. The third kappa shape index (κ3) is 4.08. The molecule has 2 heteroatoms. The van der Waals surface area contributed by atoms with Crippen molar-refractivity contribution in [1.82, 2.24) is 4.98 Å². The number of hydrogen-bond donors (Lipinski definition) is 1. The average molecular weight is 330 g/mol. The Morgan fingerprint density at radius 3 is 2.64 bits per heavy atom. The van der Waals surface area contributed by atoms with E-state index in [0.717, 1.165) is 17.6 Å². The predicted molar refractivity (Wildman–Crippen MR) is 110 cm³/mol.